The summed E-state index contributed by atoms with van der Waals surface area (Å²) in [7, 11) is -3.69. The summed E-state index contributed by atoms with van der Waals surface area (Å²) in [6.45, 7) is 15.7. The Bertz CT molecular complexity index is 1080. The van der Waals surface area contributed by atoms with Crippen molar-refractivity contribution in [2.24, 2.45) is 0 Å². The van der Waals surface area contributed by atoms with Crippen molar-refractivity contribution < 1.29 is 18.5 Å². The minimum Gasteiger partial charge on any atom is -0.455 e. The first-order valence-electron chi connectivity index (χ1n) is 17.6. The Labute approximate surface area is 279 Å². The number of urea groups is 2. The minimum atomic E-state index is -1.85. The number of amides is 4. The van der Waals surface area contributed by atoms with E-state index in [1.807, 2.05) is 0 Å². The van der Waals surface area contributed by atoms with Gasteiger partial charge in [-0.3, -0.25) is 9.59 Å². The van der Waals surface area contributed by atoms with Gasteiger partial charge in [0.15, 0.2) is 16.6 Å². The lowest BCUT2D eigenvalue weighted by Crippen LogP contribution is -2.45. The molecule has 0 aliphatic carbocycles. The van der Waals surface area contributed by atoms with Crippen LogP contribution >= 0.6 is 0 Å². The first-order valence-corrected chi connectivity index (χ1v) is 23.9. The number of rotatable bonds is 26. The third kappa shape index (κ3) is 22.9. The second-order valence-corrected chi connectivity index (χ2v) is 22.5. The molecule has 264 valence electrons. The minimum absolute atomic E-state index is 0.0725. The van der Waals surface area contributed by atoms with Gasteiger partial charge >= 0.3 is 12.1 Å². The molecule has 4 amide bonds. The Morgan fingerprint density at radius 1 is 0.717 bits per heavy atom. The van der Waals surface area contributed by atoms with Crippen molar-refractivity contribution in [1.82, 2.24) is 31.2 Å². The Hall–Kier alpha value is -2.52. The van der Waals surface area contributed by atoms with Gasteiger partial charge in [-0.15, -0.1) is 0 Å². The van der Waals surface area contributed by atoms with Crippen LogP contribution in [0.15, 0.2) is 10.9 Å². The standard InChI is InChI=1S/C33H64N6O5Si2/c1-7-8-9-12-15-20-34-32(42)36-22-17-24-45(3,4)44-46(5,6)25-18-23-37-33(43)35-21-16-13-10-11-14-19-29(40)27-30-38-28(2)26-31(41)39-30/h26H,7-25,27H2,1-6H3,(H2,34,36,42)(H2,35,37,43)(H,38,39,41). The summed E-state index contributed by atoms with van der Waals surface area (Å²) in [5, 5.41) is 11.8. The zero-order valence-corrected chi connectivity index (χ0v) is 31.7. The van der Waals surface area contributed by atoms with Gasteiger partial charge in [0.1, 0.15) is 11.6 Å². The van der Waals surface area contributed by atoms with E-state index in [1.54, 1.807) is 6.92 Å². The summed E-state index contributed by atoms with van der Waals surface area (Å²) in [5.41, 5.74) is 0.394. The van der Waals surface area contributed by atoms with E-state index < -0.39 is 16.6 Å². The number of unbranched alkanes of at least 4 members (excludes halogenated alkanes) is 8. The molecule has 1 aromatic heterocycles. The van der Waals surface area contributed by atoms with Crippen LogP contribution in [0.3, 0.4) is 0 Å². The predicted molar refractivity (Wildman–Crippen MR) is 192 cm³/mol. The lowest BCUT2D eigenvalue weighted by molar-refractivity contribution is -0.118. The molecule has 13 heteroatoms. The molecule has 0 aliphatic rings. The smallest absolute Gasteiger partial charge is 0.314 e. The lowest BCUT2D eigenvalue weighted by atomic mass is 10.1. The Morgan fingerprint density at radius 2 is 1.17 bits per heavy atom. The highest BCUT2D eigenvalue weighted by Crippen LogP contribution is 2.23. The summed E-state index contributed by atoms with van der Waals surface area (Å²) in [6, 6.07) is 3.21. The quantitative estimate of drug-likeness (QED) is 0.0571. The molecule has 5 N–H and O–H groups in total. The molecule has 0 saturated heterocycles. The molecule has 0 bridgehead atoms. The van der Waals surface area contributed by atoms with Crippen LogP contribution < -0.4 is 26.8 Å². The van der Waals surface area contributed by atoms with Crippen molar-refractivity contribution in [2.75, 3.05) is 26.2 Å². The van der Waals surface area contributed by atoms with Gasteiger partial charge in [-0.05, 0) is 77.3 Å². The third-order valence-corrected chi connectivity index (χ3v) is 15.3. The predicted octanol–water partition coefficient (Wildman–Crippen LogP) is 6.31. The van der Waals surface area contributed by atoms with Gasteiger partial charge < -0.3 is 30.4 Å². The van der Waals surface area contributed by atoms with E-state index in [0.717, 1.165) is 70.0 Å². The number of nitrogens with zero attached hydrogens (tertiary/aromatic N) is 1. The van der Waals surface area contributed by atoms with Crippen LogP contribution in [0.25, 0.3) is 0 Å². The molecule has 1 aromatic rings. The first-order chi connectivity index (χ1) is 21.8. The molecular weight excluding hydrogens is 617 g/mol. The SMILES string of the molecule is CCCCCCCNC(=O)NCCC[Si](C)(C)O[Si](C)(C)CCCNC(=O)NCCCCCCCC(=O)Cc1nc(C)cc(=O)[nH]1. The fourth-order valence-corrected chi connectivity index (χ4v) is 14.4. The van der Waals surface area contributed by atoms with Crippen LogP contribution in [-0.4, -0.2) is 70.6 Å². The van der Waals surface area contributed by atoms with E-state index in [0.29, 0.717) is 37.6 Å². The van der Waals surface area contributed by atoms with Gasteiger partial charge in [-0.1, -0.05) is 51.9 Å². The maximum absolute atomic E-state index is 12.2. The number of Topliss-reactive ketones (excluding diaryl/α,β-unsaturated/α-hetero) is 1. The molecular formula is C33H64N6O5Si2. The second kappa shape index (κ2) is 23.7. The number of hydrogen-bond acceptors (Lipinski definition) is 6. The van der Waals surface area contributed by atoms with E-state index in [4.69, 9.17) is 4.12 Å². The van der Waals surface area contributed by atoms with Crippen LogP contribution in [-0.2, 0) is 15.3 Å². The Balaban J connectivity index is 2.04. The topological polar surface area (TPSA) is 154 Å². The molecule has 0 saturated carbocycles. The zero-order valence-electron chi connectivity index (χ0n) is 29.7. The molecule has 1 heterocycles. The maximum Gasteiger partial charge on any atom is 0.314 e. The number of aromatic amines is 1. The molecule has 0 fully saturated rings. The fourth-order valence-electron chi connectivity index (χ4n) is 5.52. The molecule has 0 atom stereocenters. The number of carbonyl (C=O) groups is 3. The Morgan fingerprint density at radius 3 is 1.67 bits per heavy atom. The van der Waals surface area contributed by atoms with Crippen molar-refractivity contribution >= 4 is 34.5 Å². The average Bonchev–Trinajstić information content (AvgIpc) is 2.95. The largest absolute Gasteiger partial charge is 0.455 e. The molecule has 0 aromatic carbocycles. The Kier molecular flexibility index (Phi) is 21.4. The monoisotopic (exact) mass is 680 g/mol. The van der Waals surface area contributed by atoms with Gasteiger partial charge in [0, 0.05) is 44.4 Å². The van der Waals surface area contributed by atoms with Gasteiger partial charge in [0.2, 0.25) is 0 Å². The molecule has 46 heavy (non-hydrogen) atoms. The number of H-pyrrole nitrogens is 1. The van der Waals surface area contributed by atoms with Crippen molar-refractivity contribution in [3.8, 4) is 0 Å². The van der Waals surface area contributed by atoms with E-state index in [9.17, 15) is 19.2 Å². The van der Waals surface area contributed by atoms with Gasteiger partial charge in [-0.2, -0.15) is 0 Å². The van der Waals surface area contributed by atoms with Crippen LogP contribution in [0.4, 0.5) is 9.59 Å². The molecule has 0 aliphatic heterocycles. The van der Waals surface area contributed by atoms with Crippen LogP contribution in [0.2, 0.25) is 38.3 Å². The molecule has 0 spiro atoms. The first kappa shape index (κ1) is 41.5. The number of carbonyl (C=O) groups excluding carboxylic acids is 3. The van der Waals surface area contributed by atoms with Crippen LogP contribution in [0, 0.1) is 6.92 Å². The number of aromatic nitrogens is 2. The zero-order chi connectivity index (χ0) is 34.3. The number of nitrogens with one attached hydrogen (secondary N) is 5. The second-order valence-electron chi connectivity index (χ2n) is 13.7. The van der Waals surface area contributed by atoms with Crippen molar-refractivity contribution in [3.63, 3.8) is 0 Å². The molecule has 11 nitrogen and oxygen atoms in total. The van der Waals surface area contributed by atoms with E-state index in [-0.39, 0.29) is 29.8 Å². The highest BCUT2D eigenvalue weighted by Gasteiger charge is 2.32. The fraction of sp³-hybridized carbons (Fsp3) is 0.788. The van der Waals surface area contributed by atoms with Gasteiger partial charge in [0.25, 0.3) is 5.56 Å². The highest BCUT2D eigenvalue weighted by atomic mass is 28.4. The van der Waals surface area contributed by atoms with E-state index >= 15 is 0 Å². The normalized spacial score (nSPS) is 11.7. The third-order valence-electron chi connectivity index (χ3n) is 7.80. The van der Waals surface area contributed by atoms with E-state index in [1.165, 1.54) is 31.7 Å². The summed E-state index contributed by atoms with van der Waals surface area (Å²) >= 11 is 0. The number of hydrogen-bond donors (Lipinski definition) is 5. The summed E-state index contributed by atoms with van der Waals surface area (Å²) in [5.74, 6) is 0.523. The summed E-state index contributed by atoms with van der Waals surface area (Å²) < 4.78 is 6.71. The molecule has 1 rings (SSSR count). The lowest BCUT2D eigenvalue weighted by Gasteiger charge is -2.34. The summed E-state index contributed by atoms with van der Waals surface area (Å²) in [4.78, 5) is 54.6. The maximum atomic E-state index is 12.2. The van der Waals surface area contributed by atoms with E-state index in [2.05, 4.69) is 64.3 Å². The van der Waals surface area contributed by atoms with Crippen LogP contribution in [0.5, 0.6) is 0 Å². The number of ketones is 1. The molecule has 0 unspecified atom stereocenters. The average molecular weight is 681 g/mol. The number of aryl methyl sites for hydroxylation is 1. The van der Waals surface area contributed by atoms with Gasteiger partial charge in [-0.25, -0.2) is 14.6 Å². The van der Waals surface area contributed by atoms with Gasteiger partial charge in [0.05, 0.1) is 6.42 Å². The van der Waals surface area contributed by atoms with Crippen molar-refractivity contribution in [1.29, 1.82) is 0 Å². The van der Waals surface area contributed by atoms with Crippen molar-refractivity contribution in [3.05, 3.63) is 27.9 Å². The van der Waals surface area contributed by atoms with Crippen molar-refractivity contribution in [2.45, 2.75) is 142 Å². The summed E-state index contributed by atoms with van der Waals surface area (Å²) in [6.07, 6.45) is 13.1. The van der Waals surface area contributed by atoms with Crippen LogP contribution in [0.1, 0.15) is 102 Å². The molecule has 0 radical (unpaired) electrons. The highest BCUT2D eigenvalue weighted by molar-refractivity contribution is 6.84.